The molecular formula is C14H21NO2. The van der Waals surface area contributed by atoms with Crippen molar-refractivity contribution in [2.75, 3.05) is 13.2 Å². The first-order valence-electron chi connectivity index (χ1n) is 6.16. The van der Waals surface area contributed by atoms with Crippen LogP contribution in [0.25, 0.3) is 0 Å². The highest BCUT2D eigenvalue weighted by Gasteiger charge is 2.20. The summed E-state index contributed by atoms with van der Waals surface area (Å²) in [6.07, 6.45) is 0.681. The zero-order chi connectivity index (χ0) is 12.7. The van der Waals surface area contributed by atoms with Crippen molar-refractivity contribution in [3.05, 3.63) is 35.9 Å². The highest BCUT2D eigenvalue weighted by molar-refractivity contribution is 5.78. The van der Waals surface area contributed by atoms with Crippen LogP contribution in [0.5, 0.6) is 0 Å². The average Bonchev–Trinajstić information content (AvgIpc) is 2.38. The van der Waals surface area contributed by atoms with Crippen LogP contribution in [0.3, 0.4) is 0 Å². The Bertz CT molecular complexity index is 333. The summed E-state index contributed by atoms with van der Waals surface area (Å²) >= 11 is 0. The quantitative estimate of drug-likeness (QED) is 0.820. The molecule has 0 aromatic heterocycles. The number of carbonyl (C=O) groups excluding carboxylic acids is 1. The number of aliphatic hydroxyl groups excluding tert-OH is 1. The van der Waals surface area contributed by atoms with Crippen molar-refractivity contribution in [3.8, 4) is 0 Å². The SMILES string of the molecule is CCC(CO)C(=O)N(CC)Cc1ccccc1. The lowest BCUT2D eigenvalue weighted by atomic mass is 10.1. The molecule has 0 saturated heterocycles. The number of benzene rings is 1. The molecule has 3 heteroatoms. The van der Waals surface area contributed by atoms with Crippen molar-refractivity contribution in [1.29, 1.82) is 0 Å². The van der Waals surface area contributed by atoms with Crippen molar-refractivity contribution >= 4 is 5.91 Å². The maximum absolute atomic E-state index is 12.1. The van der Waals surface area contributed by atoms with Crippen LogP contribution in [-0.2, 0) is 11.3 Å². The first kappa shape index (κ1) is 13.7. The molecule has 0 radical (unpaired) electrons. The largest absolute Gasteiger partial charge is 0.396 e. The van der Waals surface area contributed by atoms with Crippen LogP contribution in [0.15, 0.2) is 30.3 Å². The molecule has 0 fully saturated rings. The second-order valence-electron chi connectivity index (χ2n) is 4.13. The molecule has 17 heavy (non-hydrogen) atoms. The standard InChI is InChI=1S/C14H21NO2/c1-3-13(11-16)14(17)15(4-2)10-12-8-6-5-7-9-12/h5-9,13,16H,3-4,10-11H2,1-2H3. The third-order valence-corrected chi connectivity index (χ3v) is 2.97. The van der Waals surface area contributed by atoms with E-state index in [4.69, 9.17) is 5.11 Å². The first-order valence-corrected chi connectivity index (χ1v) is 6.16. The molecule has 0 saturated carbocycles. The van der Waals surface area contributed by atoms with Gasteiger partial charge in [0.05, 0.1) is 12.5 Å². The van der Waals surface area contributed by atoms with Gasteiger partial charge in [-0.1, -0.05) is 37.3 Å². The van der Waals surface area contributed by atoms with Gasteiger partial charge in [-0.2, -0.15) is 0 Å². The molecule has 1 N–H and O–H groups in total. The third kappa shape index (κ3) is 3.86. The molecule has 1 amide bonds. The maximum Gasteiger partial charge on any atom is 0.228 e. The molecule has 3 nitrogen and oxygen atoms in total. The van der Waals surface area contributed by atoms with Crippen molar-refractivity contribution < 1.29 is 9.90 Å². The Morgan fingerprint density at radius 3 is 2.41 bits per heavy atom. The van der Waals surface area contributed by atoms with Gasteiger partial charge in [0, 0.05) is 13.1 Å². The lowest BCUT2D eigenvalue weighted by Crippen LogP contribution is -2.36. The highest BCUT2D eigenvalue weighted by Crippen LogP contribution is 2.11. The molecule has 94 valence electrons. The zero-order valence-corrected chi connectivity index (χ0v) is 10.6. The van der Waals surface area contributed by atoms with Crippen molar-refractivity contribution in [2.45, 2.75) is 26.8 Å². The topological polar surface area (TPSA) is 40.5 Å². The van der Waals surface area contributed by atoms with E-state index < -0.39 is 0 Å². The Morgan fingerprint density at radius 1 is 1.29 bits per heavy atom. The number of aliphatic hydroxyl groups is 1. The van der Waals surface area contributed by atoms with E-state index in [0.29, 0.717) is 19.5 Å². The van der Waals surface area contributed by atoms with Crippen LogP contribution in [0.2, 0.25) is 0 Å². The molecule has 1 aromatic carbocycles. The van der Waals surface area contributed by atoms with Crippen LogP contribution in [0.4, 0.5) is 0 Å². The number of hydrogen-bond donors (Lipinski definition) is 1. The Labute approximate surface area is 103 Å². The van der Waals surface area contributed by atoms with Crippen LogP contribution in [-0.4, -0.2) is 29.1 Å². The summed E-state index contributed by atoms with van der Waals surface area (Å²) in [7, 11) is 0. The Hall–Kier alpha value is -1.35. The lowest BCUT2D eigenvalue weighted by molar-refractivity contribution is -0.137. The fourth-order valence-corrected chi connectivity index (χ4v) is 1.79. The van der Waals surface area contributed by atoms with Crippen molar-refractivity contribution in [2.24, 2.45) is 5.92 Å². The number of hydrogen-bond acceptors (Lipinski definition) is 2. The van der Waals surface area contributed by atoms with Crippen LogP contribution in [0.1, 0.15) is 25.8 Å². The summed E-state index contributed by atoms with van der Waals surface area (Å²) in [5, 5.41) is 9.16. The summed E-state index contributed by atoms with van der Waals surface area (Å²) < 4.78 is 0. The summed E-state index contributed by atoms with van der Waals surface area (Å²) in [4.78, 5) is 13.9. The second-order valence-corrected chi connectivity index (χ2v) is 4.13. The number of amides is 1. The Balaban J connectivity index is 2.68. The maximum atomic E-state index is 12.1. The van der Waals surface area contributed by atoms with Gasteiger partial charge in [0.1, 0.15) is 0 Å². The van der Waals surface area contributed by atoms with Gasteiger partial charge in [-0.15, -0.1) is 0 Å². The van der Waals surface area contributed by atoms with Gasteiger partial charge in [-0.05, 0) is 18.9 Å². The molecule has 0 aliphatic heterocycles. The second kappa shape index (κ2) is 7.07. The fourth-order valence-electron chi connectivity index (χ4n) is 1.79. The molecule has 0 bridgehead atoms. The van der Waals surface area contributed by atoms with E-state index >= 15 is 0 Å². The fraction of sp³-hybridized carbons (Fsp3) is 0.500. The van der Waals surface area contributed by atoms with E-state index in [9.17, 15) is 4.79 Å². The van der Waals surface area contributed by atoms with Crippen molar-refractivity contribution in [3.63, 3.8) is 0 Å². The normalized spacial score (nSPS) is 12.2. The minimum absolute atomic E-state index is 0.0429. The van der Waals surface area contributed by atoms with Crippen LogP contribution >= 0.6 is 0 Å². The van der Waals surface area contributed by atoms with Gasteiger partial charge in [-0.3, -0.25) is 4.79 Å². The summed E-state index contributed by atoms with van der Waals surface area (Å²) in [6, 6.07) is 9.92. The van der Waals surface area contributed by atoms with E-state index in [1.807, 2.05) is 44.2 Å². The molecule has 0 aliphatic carbocycles. The molecule has 1 unspecified atom stereocenters. The van der Waals surface area contributed by atoms with E-state index in [1.165, 1.54) is 0 Å². The zero-order valence-electron chi connectivity index (χ0n) is 10.6. The molecule has 1 atom stereocenters. The van der Waals surface area contributed by atoms with Gasteiger partial charge in [-0.25, -0.2) is 0 Å². The van der Waals surface area contributed by atoms with Crippen LogP contribution in [0, 0.1) is 5.92 Å². The molecule has 0 aliphatic rings. The molecule has 1 aromatic rings. The van der Waals surface area contributed by atoms with Gasteiger partial charge < -0.3 is 10.0 Å². The molecule has 1 rings (SSSR count). The molecule has 0 spiro atoms. The van der Waals surface area contributed by atoms with E-state index in [1.54, 1.807) is 4.90 Å². The predicted molar refractivity (Wildman–Crippen MR) is 68.4 cm³/mol. The van der Waals surface area contributed by atoms with E-state index in [-0.39, 0.29) is 18.4 Å². The smallest absolute Gasteiger partial charge is 0.228 e. The van der Waals surface area contributed by atoms with Gasteiger partial charge in [0.2, 0.25) is 5.91 Å². The van der Waals surface area contributed by atoms with E-state index in [0.717, 1.165) is 5.56 Å². The Kier molecular flexibility index (Phi) is 5.70. The number of carbonyl (C=O) groups is 1. The van der Waals surface area contributed by atoms with Gasteiger partial charge in [0.25, 0.3) is 0 Å². The lowest BCUT2D eigenvalue weighted by Gasteiger charge is -2.25. The minimum Gasteiger partial charge on any atom is -0.396 e. The highest BCUT2D eigenvalue weighted by atomic mass is 16.3. The molecule has 0 heterocycles. The summed E-state index contributed by atoms with van der Waals surface area (Å²) in [5.41, 5.74) is 1.12. The third-order valence-electron chi connectivity index (χ3n) is 2.97. The predicted octanol–water partition coefficient (Wildman–Crippen LogP) is 2.05. The summed E-state index contributed by atoms with van der Waals surface area (Å²) in [6.45, 7) is 5.11. The van der Waals surface area contributed by atoms with Crippen LogP contribution < -0.4 is 0 Å². The minimum atomic E-state index is -0.265. The van der Waals surface area contributed by atoms with Gasteiger partial charge in [0.15, 0.2) is 0 Å². The first-order chi connectivity index (χ1) is 8.22. The average molecular weight is 235 g/mol. The monoisotopic (exact) mass is 235 g/mol. The van der Waals surface area contributed by atoms with Gasteiger partial charge >= 0.3 is 0 Å². The van der Waals surface area contributed by atoms with Crippen molar-refractivity contribution in [1.82, 2.24) is 4.90 Å². The number of rotatable bonds is 6. The summed E-state index contributed by atoms with van der Waals surface area (Å²) in [5.74, 6) is -0.222. The van der Waals surface area contributed by atoms with E-state index in [2.05, 4.69) is 0 Å². The molecular weight excluding hydrogens is 214 g/mol. The Morgan fingerprint density at radius 2 is 1.94 bits per heavy atom. The number of nitrogens with zero attached hydrogens (tertiary/aromatic N) is 1.